The number of hydrogen-bond donors (Lipinski definition) is 1. The molecule has 0 saturated heterocycles. The minimum absolute atomic E-state index is 0.286. The highest BCUT2D eigenvalue weighted by Gasteiger charge is 2.16. The Hall–Kier alpha value is -1.69. The van der Waals surface area contributed by atoms with Gasteiger partial charge in [0.1, 0.15) is 4.88 Å². The van der Waals surface area contributed by atoms with Crippen molar-refractivity contribution >= 4 is 56.5 Å². The molecule has 3 rings (SSSR count). The van der Waals surface area contributed by atoms with Gasteiger partial charge in [0.25, 0.3) is 5.91 Å². The van der Waals surface area contributed by atoms with Crippen molar-refractivity contribution in [3.63, 3.8) is 0 Å². The SMILES string of the molecule is Cc1ccsc1/C=N/NC(=O)c1sc2ccccc2c1Cl. The summed E-state index contributed by atoms with van der Waals surface area (Å²) in [4.78, 5) is 13.7. The minimum Gasteiger partial charge on any atom is -0.266 e. The van der Waals surface area contributed by atoms with Gasteiger partial charge in [-0.05, 0) is 30.0 Å². The Morgan fingerprint density at radius 2 is 2.14 bits per heavy atom. The van der Waals surface area contributed by atoms with Crippen molar-refractivity contribution in [1.29, 1.82) is 0 Å². The number of halogens is 1. The molecule has 3 aromatic rings. The maximum absolute atomic E-state index is 12.2. The van der Waals surface area contributed by atoms with E-state index in [1.807, 2.05) is 42.6 Å². The van der Waals surface area contributed by atoms with Crippen LogP contribution in [0.4, 0.5) is 0 Å². The predicted molar refractivity (Wildman–Crippen MR) is 91.0 cm³/mol. The molecular weight excluding hydrogens is 324 g/mol. The van der Waals surface area contributed by atoms with Crippen LogP contribution in [0.25, 0.3) is 10.1 Å². The highest BCUT2D eigenvalue weighted by molar-refractivity contribution is 7.21. The molecule has 21 heavy (non-hydrogen) atoms. The summed E-state index contributed by atoms with van der Waals surface area (Å²) in [5.41, 5.74) is 3.67. The van der Waals surface area contributed by atoms with Crippen LogP contribution in [0, 0.1) is 6.92 Å². The van der Waals surface area contributed by atoms with E-state index in [4.69, 9.17) is 11.6 Å². The molecule has 1 N–H and O–H groups in total. The van der Waals surface area contributed by atoms with Crippen LogP contribution in [0.5, 0.6) is 0 Å². The monoisotopic (exact) mass is 334 g/mol. The van der Waals surface area contributed by atoms with E-state index in [9.17, 15) is 4.79 Å². The number of nitrogens with zero attached hydrogens (tertiary/aromatic N) is 1. The lowest BCUT2D eigenvalue weighted by Gasteiger charge is -1.97. The quantitative estimate of drug-likeness (QED) is 0.548. The summed E-state index contributed by atoms with van der Waals surface area (Å²) in [6, 6.07) is 9.69. The average Bonchev–Trinajstić information content (AvgIpc) is 3.04. The van der Waals surface area contributed by atoms with Gasteiger partial charge in [-0.3, -0.25) is 4.79 Å². The van der Waals surface area contributed by atoms with Crippen LogP contribution in [0.2, 0.25) is 5.02 Å². The molecule has 0 saturated carbocycles. The number of benzene rings is 1. The second-order valence-corrected chi connectivity index (χ2v) is 6.79. The van der Waals surface area contributed by atoms with Crippen LogP contribution in [-0.2, 0) is 0 Å². The predicted octanol–water partition coefficient (Wildman–Crippen LogP) is 4.69. The standard InChI is InChI=1S/C15H11ClN2OS2/c1-9-6-7-20-12(9)8-17-18-15(19)14-13(16)10-4-2-3-5-11(10)21-14/h2-8H,1H3,(H,18,19)/b17-8+. The molecule has 0 aliphatic rings. The van der Waals surface area contributed by atoms with Gasteiger partial charge in [-0.25, -0.2) is 5.43 Å². The van der Waals surface area contributed by atoms with Crippen molar-refractivity contribution in [2.45, 2.75) is 6.92 Å². The van der Waals surface area contributed by atoms with E-state index in [0.717, 1.165) is 20.5 Å². The lowest BCUT2D eigenvalue weighted by Crippen LogP contribution is -2.16. The van der Waals surface area contributed by atoms with Gasteiger partial charge in [0.05, 0.1) is 11.2 Å². The number of hydrogen-bond acceptors (Lipinski definition) is 4. The second kappa shape index (κ2) is 5.97. The Morgan fingerprint density at radius 1 is 1.33 bits per heavy atom. The van der Waals surface area contributed by atoms with Crippen LogP contribution in [0.3, 0.4) is 0 Å². The first kappa shape index (κ1) is 14.3. The fourth-order valence-corrected chi connectivity index (χ4v) is 4.07. The van der Waals surface area contributed by atoms with Crippen molar-refractivity contribution in [3.05, 3.63) is 56.1 Å². The van der Waals surface area contributed by atoms with Gasteiger partial charge >= 0.3 is 0 Å². The molecule has 106 valence electrons. The topological polar surface area (TPSA) is 41.5 Å². The van der Waals surface area contributed by atoms with E-state index in [-0.39, 0.29) is 5.91 Å². The molecule has 6 heteroatoms. The van der Waals surface area contributed by atoms with Crippen LogP contribution in [-0.4, -0.2) is 12.1 Å². The van der Waals surface area contributed by atoms with Crippen LogP contribution < -0.4 is 5.43 Å². The number of thiophene rings is 2. The smallest absolute Gasteiger partial charge is 0.266 e. The van der Waals surface area contributed by atoms with E-state index < -0.39 is 0 Å². The summed E-state index contributed by atoms with van der Waals surface area (Å²) in [6.45, 7) is 2.00. The first-order valence-corrected chi connectivity index (χ1v) is 8.29. The molecule has 0 aliphatic heterocycles. The zero-order valence-electron chi connectivity index (χ0n) is 11.1. The average molecular weight is 335 g/mol. The maximum Gasteiger partial charge on any atom is 0.283 e. The first-order valence-electron chi connectivity index (χ1n) is 6.21. The third kappa shape index (κ3) is 2.85. The summed E-state index contributed by atoms with van der Waals surface area (Å²) >= 11 is 9.20. The normalized spacial score (nSPS) is 11.3. The van der Waals surface area contributed by atoms with Crippen molar-refractivity contribution in [1.82, 2.24) is 5.43 Å². The van der Waals surface area contributed by atoms with Gasteiger partial charge in [0.2, 0.25) is 0 Å². The Labute approximate surface area is 134 Å². The van der Waals surface area contributed by atoms with Crippen LogP contribution in [0.15, 0.2) is 40.8 Å². The molecule has 2 aromatic heterocycles. The van der Waals surface area contributed by atoms with Crippen LogP contribution in [0.1, 0.15) is 20.1 Å². The molecule has 0 unspecified atom stereocenters. The van der Waals surface area contributed by atoms with Crippen molar-refractivity contribution in [2.75, 3.05) is 0 Å². The van der Waals surface area contributed by atoms with Gasteiger partial charge in [0.15, 0.2) is 0 Å². The molecule has 0 fully saturated rings. The van der Waals surface area contributed by atoms with Gasteiger partial charge in [-0.2, -0.15) is 5.10 Å². The van der Waals surface area contributed by atoms with Crippen LogP contribution >= 0.6 is 34.3 Å². The van der Waals surface area contributed by atoms with Gasteiger partial charge in [-0.1, -0.05) is 29.8 Å². The third-order valence-corrected chi connectivity index (χ3v) is 5.62. The third-order valence-electron chi connectivity index (χ3n) is 2.99. The summed E-state index contributed by atoms with van der Waals surface area (Å²) < 4.78 is 0.991. The maximum atomic E-state index is 12.2. The molecule has 0 spiro atoms. The number of amides is 1. The van der Waals surface area contributed by atoms with E-state index >= 15 is 0 Å². The summed E-state index contributed by atoms with van der Waals surface area (Å²) in [6.07, 6.45) is 1.65. The number of aryl methyl sites for hydroxylation is 1. The molecule has 1 aromatic carbocycles. The number of nitrogens with one attached hydrogen (secondary N) is 1. The van der Waals surface area contributed by atoms with Crippen molar-refractivity contribution in [2.24, 2.45) is 5.10 Å². The number of carbonyl (C=O) groups excluding carboxylic acids is 1. The number of hydrazone groups is 1. The molecule has 3 nitrogen and oxygen atoms in total. The fraction of sp³-hybridized carbons (Fsp3) is 0.0667. The number of fused-ring (bicyclic) bond motifs is 1. The largest absolute Gasteiger partial charge is 0.283 e. The van der Waals surface area contributed by atoms with Gasteiger partial charge in [-0.15, -0.1) is 22.7 Å². The van der Waals surface area contributed by atoms with E-state index in [2.05, 4.69) is 10.5 Å². The molecule has 1 amide bonds. The Balaban J connectivity index is 1.80. The first-order chi connectivity index (χ1) is 10.2. The van der Waals surface area contributed by atoms with Crippen molar-refractivity contribution < 1.29 is 4.79 Å². The Bertz CT molecular complexity index is 835. The number of carbonyl (C=O) groups is 1. The molecular formula is C15H11ClN2OS2. The van der Waals surface area contributed by atoms with Gasteiger partial charge < -0.3 is 0 Å². The summed E-state index contributed by atoms with van der Waals surface area (Å²) in [5.74, 6) is -0.286. The number of rotatable bonds is 3. The highest BCUT2D eigenvalue weighted by atomic mass is 35.5. The van der Waals surface area contributed by atoms with Gasteiger partial charge in [0, 0.05) is 15.0 Å². The van der Waals surface area contributed by atoms with Crippen molar-refractivity contribution in [3.8, 4) is 0 Å². The summed E-state index contributed by atoms with van der Waals surface area (Å²) in [5, 5.41) is 7.36. The zero-order chi connectivity index (χ0) is 14.8. The minimum atomic E-state index is -0.286. The van der Waals surface area contributed by atoms with E-state index in [1.165, 1.54) is 11.3 Å². The molecule has 0 atom stereocenters. The summed E-state index contributed by atoms with van der Waals surface area (Å²) in [7, 11) is 0. The molecule has 0 radical (unpaired) electrons. The molecule has 2 heterocycles. The fourth-order valence-electron chi connectivity index (χ4n) is 1.88. The Morgan fingerprint density at radius 3 is 2.86 bits per heavy atom. The van der Waals surface area contributed by atoms with E-state index in [1.54, 1.807) is 17.6 Å². The lowest BCUT2D eigenvalue weighted by atomic mass is 10.2. The lowest BCUT2D eigenvalue weighted by molar-refractivity contribution is 0.0959. The second-order valence-electron chi connectivity index (χ2n) is 4.41. The highest BCUT2D eigenvalue weighted by Crippen LogP contribution is 2.34. The molecule has 0 aliphatic carbocycles. The Kier molecular flexibility index (Phi) is 4.05. The van der Waals surface area contributed by atoms with E-state index in [0.29, 0.717) is 9.90 Å². The molecule has 0 bridgehead atoms. The zero-order valence-corrected chi connectivity index (χ0v) is 13.5.